The van der Waals surface area contributed by atoms with Gasteiger partial charge in [-0.1, -0.05) is 13.0 Å². The number of amides is 1. The van der Waals surface area contributed by atoms with Crippen molar-refractivity contribution in [2.45, 2.75) is 44.4 Å². The molecular weight excluding hydrogens is 444 g/mol. The minimum Gasteiger partial charge on any atom is -0.473 e. The molecule has 1 aliphatic rings. The van der Waals surface area contributed by atoms with Gasteiger partial charge in [-0.15, -0.1) is 0 Å². The van der Waals surface area contributed by atoms with E-state index in [0.717, 1.165) is 18.5 Å². The molecule has 0 aliphatic carbocycles. The number of hydrogen-bond acceptors (Lipinski definition) is 8. The van der Waals surface area contributed by atoms with Gasteiger partial charge in [-0.2, -0.15) is 13.4 Å². The third-order valence-corrected chi connectivity index (χ3v) is 6.76. The first-order valence-electron chi connectivity index (χ1n) is 10.6. The molecule has 1 N–H and O–H groups in total. The molecule has 10 heteroatoms. The molecule has 3 aromatic rings. The van der Waals surface area contributed by atoms with Crippen LogP contribution >= 0.6 is 0 Å². The third-order valence-electron chi connectivity index (χ3n) is 5.53. The molecule has 0 bridgehead atoms. The third kappa shape index (κ3) is 5.00. The maximum Gasteiger partial charge on any atom is 0.281 e. The van der Waals surface area contributed by atoms with Crippen molar-refractivity contribution in [3.8, 4) is 5.88 Å². The van der Waals surface area contributed by atoms with Gasteiger partial charge >= 0.3 is 0 Å². The highest BCUT2D eigenvalue weighted by atomic mass is 32.2. The number of sulfonamides is 1. The lowest BCUT2D eigenvalue weighted by molar-refractivity contribution is 0.0981. The second-order valence-electron chi connectivity index (χ2n) is 8.78. The first-order valence-corrected chi connectivity index (χ1v) is 12.0. The summed E-state index contributed by atoms with van der Waals surface area (Å²) in [6, 6.07) is 9.26. The van der Waals surface area contributed by atoms with E-state index in [0.29, 0.717) is 11.7 Å². The highest BCUT2D eigenvalue weighted by molar-refractivity contribution is 7.90. The molecule has 0 spiro atoms. The summed E-state index contributed by atoms with van der Waals surface area (Å²) in [6.07, 6.45) is 5.58. The van der Waals surface area contributed by atoms with Gasteiger partial charge in [0.15, 0.2) is 5.03 Å². The van der Waals surface area contributed by atoms with Crippen molar-refractivity contribution in [2.24, 2.45) is 5.92 Å². The van der Waals surface area contributed by atoms with Gasteiger partial charge in [-0.05, 0) is 50.5 Å². The topological polar surface area (TPSA) is 115 Å². The Kier molecular flexibility index (Phi) is 6.11. The van der Waals surface area contributed by atoms with Gasteiger partial charge in [0.05, 0.1) is 18.1 Å². The fourth-order valence-electron chi connectivity index (χ4n) is 4.14. The lowest BCUT2D eigenvalue weighted by atomic mass is 9.97. The standard InChI is InChI=1S/C23H26N4O5S/c1-16-12-23(2,3)27(13-16)21-18(6-5-10-24-21)22(28)26-33(29,30)20-8-4-7-19(25-20)32-15-17-9-11-31-14-17/h4-11,14,16H,12-13,15H2,1-3H3,(H,26,28). The minimum atomic E-state index is -4.24. The monoisotopic (exact) mass is 470 g/mol. The summed E-state index contributed by atoms with van der Waals surface area (Å²) in [6.45, 7) is 7.21. The molecule has 1 atom stereocenters. The van der Waals surface area contributed by atoms with E-state index in [1.54, 1.807) is 24.4 Å². The van der Waals surface area contributed by atoms with Gasteiger partial charge < -0.3 is 14.1 Å². The molecule has 0 radical (unpaired) electrons. The van der Waals surface area contributed by atoms with Gasteiger partial charge in [0.2, 0.25) is 5.88 Å². The number of ether oxygens (including phenoxy) is 1. The Morgan fingerprint density at radius 2 is 2.09 bits per heavy atom. The molecule has 1 fully saturated rings. The summed E-state index contributed by atoms with van der Waals surface area (Å²) in [5.74, 6) is 0.238. The van der Waals surface area contributed by atoms with Crippen LogP contribution in [0, 0.1) is 5.92 Å². The van der Waals surface area contributed by atoms with Gasteiger partial charge in [-0.25, -0.2) is 9.71 Å². The Balaban J connectivity index is 1.54. The van der Waals surface area contributed by atoms with Crippen LogP contribution in [0.1, 0.15) is 43.1 Å². The van der Waals surface area contributed by atoms with Crippen LogP contribution in [0.2, 0.25) is 0 Å². The normalized spacial score (nSPS) is 17.7. The molecule has 0 saturated carbocycles. The van der Waals surface area contributed by atoms with Crippen LogP contribution in [0.25, 0.3) is 0 Å². The lowest BCUT2D eigenvalue weighted by Gasteiger charge is -2.33. The number of aromatic nitrogens is 2. The van der Waals surface area contributed by atoms with Gasteiger partial charge in [-0.3, -0.25) is 4.79 Å². The molecule has 174 valence electrons. The van der Waals surface area contributed by atoms with Crippen LogP contribution in [-0.4, -0.2) is 36.4 Å². The maximum atomic E-state index is 13.0. The van der Waals surface area contributed by atoms with Crippen molar-refractivity contribution in [1.82, 2.24) is 14.7 Å². The maximum absolute atomic E-state index is 13.0. The van der Waals surface area contributed by atoms with E-state index in [1.807, 2.05) is 0 Å². The second-order valence-corrected chi connectivity index (χ2v) is 10.4. The van der Waals surface area contributed by atoms with Crippen LogP contribution in [0.3, 0.4) is 0 Å². The zero-order valence-electron chi connectivity index (χ0n) is 18.7. The molecule has 9 nitrogen and oxygen atoms in total. The summed E-state index contributed by atoms with van der Waals surface area (Å²) in [7, 11) is -4.24. The van der Waals surface area contributed by atoms with E-state index in [4.69, 9.17) is 9.15 Å². The van der Waals surface area contributed by atoms with E-state index < -0.39 is 15.9 Å². The molecule has 3 aromatic heterocycles. The molecule has 33 heavy (non-hydrogen) atoms. The fourth-order valence-corrected chi connectivity index (χ4v) is 5.06. The minimum absolute atomic E-state index is 0.112. The van der Waals surface area contributed by atoms with E-state index in [-0.39, 0.29) is 28.6 Å². The summed E-state index contributed by atoms with van der Waals surface area (Å²) >= 11 is 0. The molecule has 1 amide bonds. The zero-order chi connectivity index (χ0) is 23.6. The first-order chi connectivity index (χ1) is 15.7. The van der Waals surface area contributed by atoms with Crippen molar-refractivity contribution in [3.63, 3.8) is 0 Å². The second kappa shape index (κ2) is 8.86. The molecule has 1 unspecified atom stereocenters. The fraction of sp³-hybridized carbons (Fsp3) is 0.348. The Hall–Kier alpha value is -3.40. The Bertz CT molecular complexity index is 1240. The number of rotatable bonds is 7. The number of hydrogen-bond donors (Lipinski definition) is 1. The molecule has 4 rings (SSSR count). The Morgan fingerprint density at radius 1 is 1.27 bits per heavy atom. The van der Waals surface area contributed by atoms with Gasteiger partial charge in [0.25, 0.3) is 15.9 Å². The predicted octanol–water partition coefficient (Wildman–Crippen LogP) is 3.39. The Morgan fingerprint density at radius 3 is 2.79 bits per heavy atom. The van der Waals surface area contributed by atoms with Crippen LogP contribution in [0.4, 0.5) is 5.82 Å². The smallest absolute Gasteiger partial charge is 0.281 e. The number of furan rings is 1. The number of pyridine rings is 2. The first kappa shape index (κ1) is 22.8. The van der Waals surface area contributed by atoms with E-state index in [1.165, 1.54) is 30.7 Å². The van der Waals surface area contributed by atoms with Crippen molar-refractivity contribution >= 4 is 21.7 Å². The van der Waals surface area contributed by atoms with Crippen LogP contribution in [0.15, 0.2) is 64.6 Å². The Labute approximate surface area is 192 Å². The molecule has 4 heterocycles. The number of nitrogens with zero attached hydrogens (tertiary/aromatic N) is 3. The average Bonchev–Trinajstić information content (AvgIpc) is 3.38. The van der Waals surface area contributed by atoms with Crippen molar-refractivity contribution in [2.75, 3.05) is 11.4 Å². The SMILES string of the molecule is CC1CN(c2ncccc2C(=O)NS(=O)(=O)c2cccc(OCc3ccoc3)n2)C(C)(C)C1. The summed E-state index contributed by atoms with van der Waals surface area (Å²) in [5.41, 5.74) is 0.765. The molecule has 1 aliphatic heterocycles. The summed E-state index contributed by atoms with van der Waals surface area (Å²) < 4.78 is 38.5. The zero-order valence-corrected chi connectivity index (χ0v) is 19.5. The van der Waals surface area contributed by atoms with Crippen molar-refractivity contribution in [1.29, 1.82) is 0 Å². The highest BCUT2D eigenvalue weighted by Gasteiger charge is 2.39. The van der Waals surface area contributed by atoms with Crippen LogP contribution < -0.4 is 14.4 Å². The number of nitrogens with one attached hydrogen (secondary N) is 1. The van der Waals surface area contributed by atoms with Gasteiger partial charge in [0.1, 0.15) is 12.4 Å². The van der Waals surface area contributed by atoms with Crippen LogP contribution in [0.5, 0.6) is 5.88 Å². The van der Waals surface area contributed by atoms with Gasteiger partial charge in [0, 0.05) is 29.9 Å². The largest absolute Gasteiger partial charge is 0.473 e. The lowest BCUT2D eigenvalue weighted by Crippen LogP contribution is -2.41. The van der Waals surface area contributed by atoms with E-state index in [2.05, 4.69) is 40.4 Å². The van der Waals surface area contributed by atoms with Crippen molar-refractivity contribution in [3.05, 3.63) is 66.2 Å². The highest BCUT2D eigenvalue weighted by Crippen LogP contribution is 2.37. The number of carbonyl (C=O) groups excluding carboxylic acids is 1. The summed E-state index contributed by atoms with van der Waals surface area (Å²) in [5, 5.41) is -0.318. The molecule has 0 aromatic carbocycles. The average molecular weight is 471 g/mol. The number of anilines is 1. The molecule has 1 saturated heterocycles. The summed E-state index contributed by atoms with van der Waals surface area (Å²) in [4.78, 5) is 23.5. The molecular formula is C23H26N4O5S. The van der Waals surface area contributed by atoms with Crippen molar-refractivity contribution < 1.29 is 22.4 Å². The van der Waals surface area contributed by atoms with Crippen LogP contribution in [-0.2, 0) is 16.6 Å². The van der Waals surface area contributed by atoms with E-state index >= 15 is 0 Å². The van der Waals surface area contributed by atoms with E-state index in [9.17, 15) is 13.2 Å². The quantitative estimate of drug-likeness (QED) is 0.559. The predicted molar refractivity (Wildman–Crippen MR) is 121 cm³/mol. The number of carbonyl (C=O) groups is 1.